The number of fused-ring (bicyclic) bond motifs is 1. The Balaban J connectivity index is 2.22. The predicted octanol–water partition coefficient (Wildman–Crippen LogP) is 2.27. The minimum atomic E-state index is 0.667. The van der Waals surface area contributed by atoms with Crippen molar-refractivity contribution in [3.63, 3.8) is 0 Å². The van der Waals surface area contributed by atoms with E-state index >= 15 is 0 Å². The van der Waals surface area contributed by atoms with Gasteiger partial charge in [-0.3, -0.25) is 4.98 Å². The molecule has 0 aliphatic heterocycles. The molecule has 0 aliphatic rings. The van der Waals surface area contributed by atoms with Crippen molar-refractivity contribution in [2.75, 3.05) is 30.8 Å². The number of benzene rings is 1. The van der Waals surface area contributed by atoms with Gasteiger partial charge in [0.1, 0.15) is 0 Å². The van der Waals surface area contributed by atoms with Crippen LogP contribution in [0.4, 0.5) is 11.4 Å². The number of hydrogen-bond acceptors (Lipinski definition) is 4. The summed E-state index contributed by atoms with van der Waals surface area (Å²) >= 11 is 0. The third kappa shape index (κ3) is 2.65. The molecule has 0 amide bonds. The van der Waals surface area contributed by atoms with E-state index < -0.39 is 0 Å². The van der Waals surface area contributed by atoms with E-state index in [4.69, 9.17) is 10.5 Å². The molecule has 4 nitrogen and oxygen atoms in total. The lowest BCUT2D eigenvalue weighted by molar-refractivity contribution is 0.158. The monoisotopic (exact) mass is 231 g/mol. The van der Waals surface area contributed by atoms with Crippen LogP contribution in [0.2, 0.25) is 0 Å². The van der Waals surface area contributed by atoms with Crippen LogP contribution in [0.25, 0.3) is 10.9 Å². The van der Waals surface area contributed by atoms with Crippen LogP contribution >= 0.6 is 0 Å². The predicted molar refractivity (Wildman–Crippen MR) is 71.1 cm³/mol. The van der Waals surface area contributed by atoms with Gasteiger partial charge in [-0.05, 0) is 13.0 Å². The molecule has 4 heteroatoms. The Bertz CT molecular complexity index is 499. The average molecular weight is 231 g/mol. The largest absolute Gasteiger partial charge is 0.396 e. The first-order valence-electron chi connectivity index (χ1n) is 5.77. The van der Waals surface area contributed by atoms with Gasteiger partial charge in [-0.2, -0.15) is 0 Å². The van der Waals surface area contributed by atoms with Gasteiger partial charge < -0.3 is 15.8 Å². The molecule has 0 spiro atoms. The van der Waals surface area contributed by atoms with Crippen molar-refractivity contribution in [2.24, 2.45) is 0 Å². The van der Waals surface area contributed by atoms with Crippen molar-refractivity contribution in [1.82, 2.24) is 4.98 Å². The van der Waals surface area contributed by atoms with Crippen LogP contribution in [0.15, 0.2) is 30.5 Å². The van der Waals surface area contributed by atoms with Crippen LogP contribution in [0.5, 0.6) is 0 Å². The fraction of sp³-hybridized carbons (Fsp3) is 0.308. The molecule has 2 aromatic rings. The zero-order chi connectivity index (χ0) is 12.1. The standard InChI is InChI=1S/C13H17N3O/c1-2-17-8-7-15-13-10-5-3-4-6-12(10)16-9-11(13)14/h3-6,9H,2,7-8,14H2,1H3,(H,15,16). The van der Waals surface area contributed by atoms with Crippen LogP contribution in [0, 0.1) is 0 Å². The number of pyridine rings is 1. The molecule has 0 atom stereocenters. The molecule has 90 valence electrons. The van der Waals surface area contributed by atoms with Crippen molar-refractivity contribution in [3.8, 4) is 0 Å². The number of nitrogens with zero attached hydrogens (tertiary/aromatic N) is 1. The lowest BCUT2D eigenvalue weighted by Crippen LogP contribution is -2.11. The first-order valence-corrected chi connectivity index (χ1v) is 5.77. The van der Waals surface area contributed by atoms with Crippen molar-refractivity contribution < 1.29 is 4.74 Å². The molecule has 0 radical (unpaired) electrons. The summed E-state index contributed by atoms with van der Waals surface area (Å²) in [6.07, 6.45) is 1.69. The molecule has 17 heavy (non-hydrogen) atoms. The van der Waals surface area contributed by atoms with E-state index in [0.29, 0.717) is 12.3 Å². The summed E-state index contributed by atoms with van der Waals surface area (Å²) in [5.41, 5.74) is 8.49. The Kier molecular flexibility index (Phi) is 3.77. The Morgan fingerprint density at radius 2 is 2.18 bits per heavy atom. The van der Waals surface area contributed by atoms with Gasteiger partial charge in [0.15, 0.2) is 0 Å². The van der Waals surface area contributed by atoms with Gasteiger partial charge in [0.2, 0.25) is 0 Å². The quantitative estimate of drug-likeness (QED) is 0.775. The highest BCUT2D eigenvalue weighted by Gasteiger charge is 2.05. The lowest BCUT2D eigenvalue weighted by Gasteiger charge is -2.11. The maximum atomic E-state index is 5.94. The van der Waals surface area contributed by atoms with Crippen LogP contribution < -0.4 is 11.1 Å². The summed E-state index contributed by atoms with van der Waals surface area (Å²) in [7, 11) is 0. The zero-order valence-corrected chi connectivity index (χ0v) is 9.94. The molecule has 0 saturated carbocycles. The Hall–Kier alpha value is -1.81. The number of aromatic nitrogens is 1. The lowest BCUT2D eigenvalue weighted by atomic mass is 10.1. The molecular weight excluding hydrogens is 214 g/mol. The Morgan fingerprint density at radius 1 is 1.35 bits per heavy atom. The average Bonchev–Trinajstić information content (AvgIpc) is 2.37. The second kappa shape index (κ2) is 5.50. The van der Waals surface area contributed by atoms with Gasteiger partial charge in [0.25, 0.3) is 0 Å². The molecule has 0 fully saturated rings. The van der Waals surface area contributed by atoms with Gasteiger partial charge in [-0.1, -0.05) is 18.2 Å². The normalized spacial score (nSPS) is 10.6. The van der Waals surface area contributed by atoms with Gasteiger partial charge in [0, 0.05) is 18.5 Å². The fourth-order valence-corrected chi connectivity index (χ4v) is 1.75. The topological polar surface area (TPSA) is 60.2 Å². The van der Waals surface area contributed by atoms with Crippen LogP contribution in [0.3, 0.4) is 0 Å². The highest BCUT2D eigenvalue weighted by atomic mass is 16.5. The minimum absolute atomic E-state index is 0.667. The molecular formula is C13H17N3O. The van der Waals surface area contributed by atoms with Gasteiger partial charge in [0.05, 0.1) is 29.7 Å². The SMILES string of the molecule is CCOCCNc1c(N)cnc2ccccc12. The van der Waals surface area contributed by atoms with E-state index in [1.54, 1.807) is 6.20 Å². The summed E-state index contributed by atoms with van der Waals surface area (Å²) in [6, 6.07) is 7.94. The molecule has 0 unspecified atom stereocenters. The van der Waals surface area contributed by atoms with Crippen molar-refractivity contribution in [1.29, 1.82) is 0 Å². The number of rotatable bonds is 5. The molecule has 3 N–H and O–H groups in total. The van der Waals surface area contributed by atoms with Gasteiger partial charge in [-0.25, -0.2) is 0 Å². The Labute approximate surface area is 101 Å². The van der Waals surface area contributed by atoms with Crippen LogP contribution in [0.1, 0.15) is 6.92 Å². The van der Waals surface area contributed by atoms with E-state index in [1.807, 2.05) is 31.2 Å². The van der Waals surface area contributed by atoms with E-state index in [9.17, 15) is 0 Å². The maximum absolute atomic E-state index is 5.94. The molecule has 0 bridgehead atoms. The second-order valence-corrected chi connectivity index (χ2v) is 3.73. The number of hydrogen-bond donors (Lipinski definition) is 2. The number of ether oxygens (including phenoxy) is 1. The molecule has 0 aliphatic carbocycles. The molecule has 1 heterocycles. The first kappa shape index (κ1) is 11.7. The highest BCUT2D eigenvalue weighted by molar-refractivity contribution is 5.96. The maximum Gasteiger partial charge on any atom is 0.0743 e. The van der Waals surface area contributed by atoms with Crippen molar-refractivity contribution >= 4 is 22.3 Å². The second-order valence-electron chi connectivity index (χ2n) is 3.73. The minimum Gasteiger partial charge on any atom is -0.396 e. The third-order valence-corrected chi connectivity index (χ3v) is 2.56. The molecule has 1 aromatic heterocycles. The first-order chi connectivity index (χ1) is 8.33. The summed E-state index contributed by atoms with van der Waals surface area (Å²) < 4.78 is 5.29. The van der Waals surface area contributed by atoms with Crippen LogP contribution in [-0.4, -0.2) is 24.7 Å². The summed E-state index contributed by atoms with van der Waals surface area (Å²) in [5.74, 6) is 0. The number of anilines is 2. The number of nitrogen functional groups attached to an aromatic ring is 1. The van der Waals surface area contributed by atoms with E-state index in [-0.39, 0.29) is 0 Å². The summed E-state index contributed by atoms with van der Waals surface area (Å²) in [6.45, 7) is 4.13. The zero-order valence-electron chi connectivity index (χ0n) is 9.94. The highest BCUT2D eigenvalue weighted by Crippen LogP contribution is 2.27. The Morgan fingerprint density at radius 3 is 3.00 bits per heavy atom. The van der Waals surface area contributed by atoms with E-state index in [1.165, 1.54) is 0 Å². The van der Waals surface area contributed by atoms with Crippen molar-refractivity contribution in [2.45, 2.75) is 6.92 Å². The van der Waals surface area contributed by atoms with Gasteiger partial charge >= 0.3 is 0 Å². The fourth-order valence-electron chi connectivity index (χ4n) is 1.75. The smallest absolute Gasteiger partial charge is 0.0743 e. The molecule has 2 rings (SSSR count). The molecule has 1 aromatic carbocycles. The third-order valence-electron chi connectivity index (χ3n) is 2.56. The van der Waals surface area contributed by atoms with Gasteiger partial charge in [-0.15, -0.1) is 0 Å². The molecule has 0 saturated heterocycles. The van der Waals surface area contributed by atoms with Crippen LogP contribution in [-0.2, 0) is 4.74 Å². The summed E-state index contributed by atoms with van der Waals surface area (Å²) in [4.78, 5) is 4.29. The number of nitrogens with two attached hydrogens (primary N) is 1. The number of para-hydroxylation sites is 1. The van der Waals surface area contributed by atoms with Crippen molar-refractivity contribution in [3.05, 3.63) is 30.5 Å². The van der Waals surface area contributed by atoms with E-state index in [0.717, 1.165) is 29.7 Å². The summed E-state index contributed by atoms with van der Waals surface area (Å²) in [5, 5.41) is 4.35. The van der Waals surface area contributed by atoms with E-state index in [2.05, 4.69) is 10.3 Å². The number of nitrogens with one attached hydrogen (secondary N) is 1.